The van der Waals surface area contributed by atoms with Gasteiger partial charge in [-0.1, -0.05) is 13.0 Å². The number of nitrogens with zero attached hydrogens (tertiary/aromatic N) is 2. The Labute approximate surface area is 152 Å². The summed E-state index contributed by atoms with van der Waals surface area (Å²) in [6.45, 7) is 3.26. The molecule has 1 saturated heterocycles. The van der Waals surface area contributed by atoms with E-state index in [-0.39, 0.29) is 17.4 Å². The second-order valence-electron chi connectivity index (χ2n) is 7.63. The molecule has 1 aliphatic heterocycles. The van der Waals surface area contributed by atoms with Crippen molar-refractivity contribution in [2.75, 3.05) is 20.6 Å². The Hall–Kier alpha value is -1.85. The molecular weight excluding hydrogens is 332 g/mol. The van der Waals surface area contributed by atoms with Gasteiger partial charge in [0.05, 0.1) is 11.6 Å². The molecule has 0 unspecified atom stereocenters. The van der Waals surface area contributed by atoms with Gasteiger partial charge in [0.25, 0.3) is 5.91 Å². The number of hydrogen-bond acceptors (Lipinski definition) is 4. The van der Waals surface area contributed by atoms with Crippen molar-refractivity contribution < 1.29 is 9.90 Å². The molecule has 0 saturated carbocycles. The largest absolute Gasteiger partial charge is 0.508 e. The Morgan fingerprint density at radius 2 is 2.20 bits per heavy atom. The Bertz CT molecular complexity index is 804. The van der Waals surface area contributed by atoms with Crippen molar-refractivity contribution in [3.63, 3.8) is 0 Å². The molecule has 5 heteroatoms. The summed E-state index contributed by atoms with van der Waals surface area (Å²) in [7, 11) is 4.09. The van der Waals surface area contributed by atoms with E-state index in [1.54, 1.807) is 17.4 Å². The Balaban J connectivity index is 1.80. The number of carbonyl (C=O) groups excluding carboxylic acids is 1. The van der Waals surface area contributed by atoms with Crippen LogP contribution < -0.4 is 0 Å². The molecule has 25 heavy (non-hydrogen) atoms. The van der Waals surface area contributed by atoms with Crippen LogP contribution in [0.2, 0.25) is 0 Å². The molecular formula is C20H24N2O2S. The van der Waals surface area contributed by atoms with Crippen LogP contribution in [-0.2, 0) is 11.8 Å². The topological polar surface area (TPSA) is 43.8 Å². The molecule has 4 nitrogen and oxygen atoms in total. The van der Waals surface area contributed by atoms with E-state index in [2.05, 4.69) is 18.9 Å². The van der Waals surface area contributed by atoms with Crippen LogP contribution in [0.4, 0.5) is 0 Å². The van der Waals surface area contributed by atoms with Gasteiger partial charge in [-0.05, 0) is 61.1 Å². The van der Waals surface area contributed by atoms with Crippen LogP contribution >= 0.6 is 11.3 Å². The van der Waals surface area contributed by atoms with Gasteiger partial charge < -0.3 is 14.9 Å². The first-order valence-electron chi connectivity index (χ1n) is 8.74. The SMILES string of the molecule is CN1CC[C@@]2(C)c3cc(O)ccc3C[C@@H]1[C@H]2N(C)C(=O)c1ccsc1. The highest BCUT2D eigenvalue weighted by Crippen LogP contribution is 2.47. The molecule has 0 radical (unpaired) electrons. The first-order chi connectivity index (χ1) is 11.9. The van der Waals surface area contributed by atoms with Gasteiger partial charge in [-0.2, -0.15) is 11.3 Å². The lowest BCUT2D eigenvalue weighted by Crippen LogP contribution is -2.67. The standard InChI is InChI=1S/C20H24N2O2S/c1-20-7-8-21(2)17(10-13-4-5-15(23)11-16(13)20)18(20)22(3)19(24)14-6-9-25-12-14/h4-6,9,11-12,17-18,23H,7-8,10H2,1-3H3/t17-,18-,20+/m1/s1. The number of fused-ring (bicyclic) bond motifs is 4. The van der Waals surface area contributed by atoms with Gasteiger partial charge >= 0.3 is 0 Å². The Morgan fingerprint density at radius 3 is 2.92 bits per heavy atom. The molecule has 2 aliphatic rings. The van der Waals surface area contributed by atoms with Crippen LogP contribution in [0.5, 0.6) is 5.75 Å². The molecule has 2 bridgehead atoms. The molecule has 1 aromatic carbocycles. The number of benzene rings is 1. The normalized spacial score (nSPS) is 28.4. The second-order valence-corrected chi connectivity index (χ2v) is 8.41. The van der Waals surface area contributed by atoms with Crippen LogP contribution in [0, 0.1) is 0 Å². The predicted molar refractivity (Wildman–Crippen MR) is 100 cm³/mol. The van der Waals surface area contributed by atoms with Gasteiger partial charge in [0.15, 0.2) is 0 Å². The minimum Gasteiger partial charge on any atom is -0.508 e. The zero-order valence-corrected chi connectivity index (χ0v) is 15.7. The number of rotatable bonds is 2. The molecule has 1 amide bonds. The zero-order valence-electron chi connectivity index (χ0n) is 14.9. The fourth-order valence-corrected chi connectivity index (χ4v) is 5.48. The maximum Gasteiger partial charge on any atom is 0.254 e. The van der Waals surface area contributed by atoms with Gasteiger partial charge in [-0.25, -0.2) is 0 Å². The van der Waals surface area contributed by atoms with Crippen LogP contribution in [0.15, 0.2) is 35.0 Å². The van der Waals surface area contributed by atoms with Gasteiger partial charge in [-0.3, -0.25) is 4.79 Å². The van der Waals surface area contributed by atoms with Gasteiger partial charge in [0, 0.05) is 23.9 Å². The lowest BCUT2D eigenvalue weighted by atomic mass is 9.61. The monoisotopic (exact) mass is 356 g/mol. The number of piperidine rings is 1. The van der Waals surface area contributed by atoms with E-state index in [0.29, 0.717) is 11.8 Å². The van der Waals surface area contributed by atoms with Crippen molar-refractivity contribution in [3.05, 3.63) is 51.7 Å². The first kappa shape index (κ1) is 16.6. The molecule has 3 atom stereocenters. The molecule has 132 valence electrons. The molecule has 4 rings (SSSR count). The number of aromatic hydroxyl groups is 1. The van der Waals surface area contributed by atoms with E-state index >= 15 is 0 Å². The maximum atomic E-state index is 13.0. The fourth-order valence-electron chi connectivity index (χ4n) is 4.85. The number of likely N-dealkylation sites (N-methyl/N-ethyl adjacent to an activating group) is 2. The molecule has 1 fully saturated rings. The lowest BCUT2D eigenvalue weighted by molar-refractivity contribution is 0.00532. The van der Waals surface area contributed by atoms with Crippen molar-refractivity contribution in [1.82, 2.24) is 9.80 Å². The highest BCUT2D eigenvalue weighted by molar-refractivity contribution is 7.08. The van der Waals surface area contributed by atoms with E-state index < -0.39 is 0 Å². The van der Waals surface area contributed by atoms with Gasteiger partial charge in [0.1, 0.15) is 5.75 Å². The highest BCUT2D eigenvalue weighted by Gasteiger charge is 2.52. The minimum absolute atomic E-state index is 0.0846. The van der Waals surface area contributed by atoms with E-state index in [4.69, 9.17) is 0 Å². The smallest absolute Gasteiger partial charge is 0.254 e. The number of phenolic OH excluding ortho intramolecular Hbond substituents is 1. The maximum absolute atomic E-state index is 13.0. The van der Waals surface area contributed by atoms with Crippen LogP contribution in [0.1, 0.15) is 34.8 Å². The summed E-state index contributed by atoms with van der Waals surface area (Å²) in [6, 6.07) is 8.02. The average molecular weight is 356 g/mol. The Kier molecular flexibility index (Phi) is 3.89. The summed E-state index contributed by atoms with van der Waals surface area (Å²) >= 11 is 1.55. The van der Waals surface area contributed by atoms with Crippen molar-refractivity contribution >= 4 is 17.2 Å². The summed E-state index contributed by atoms with van der Waals surface area (Å²) in [5.41, 5.74) is 3.11. The molecule has 1 N–H and O–H groups in total. The zero-order chi connectivity index (χ0) is 17.8. The molecule has 1 aromatic heterocycles. The van der Waals surface area contributed by atoms with E-state index in [0.717, 1.165) is 24.9 Å². The quantitative estimate of drug-likeness (QED) is 0.899. The summed E-state index contributed by atoms with van der Waals surface area (Å²) in [4.78, 5) is 17.4. The molecule has 2 heterocycles. The van der Waals surface area contributed by atoms with E-state index in [9.17, 15) is 9.90 Å². The number of likely N-dealkylation sites (tertiary alicyclic amines) is 1. The summed E-state index contributed by atoms with van der Waals surface area (Å²) in [5, 5.41) is 13.9. The summed E-state index contributed by atoms with van der Waals surface area (Å²) < 4.78 is 0. The number of phenols is 1. The van der Waals surface area contributed by atoms with Crippen LogP contribution in [0.25, 0.3) is 0 Å². The third-order valence-electron chi connectivity index (χ3n) is 6.21. The third kappa shape index (κ3) is 2.49. The number of carbonyl (C=O) groups is 1. The summed E-state index contributed by atoms with van der Waals surface area (Å²) in [6.07, 6.45) is 1.88. The number of thiophene rings is 1. The average Bonchev–Trinajstić information content (AvgIpc) is 3.12. The van der Waals surface area contributed by atoms with Crippen molar-refractivity contribution in [2.24, 2.45) is 0 Å². The minimum atomic E-state index is -0.149. The van der Waals surface area contributed by atoms with Crippen molar-refractivity contribution in [1.29, 1.82) is 0 Å². The van der Waals surface area contributed by atoms with E-state index in [1.807, 2.05) is 40.9 Å². The second kappa shape index (κ2) is 5.85. The molecule has 0 spiro atoms. The summed E-state index contributed by atoms with van der Waals surface area (Å²) in [5.74, 6) is 0.393. The van der Waals surface area contributed by atoms with Crippen LogP contribution in [0.3, 0.4) is 0 Å². The Morgan fingerprint density at radius 1 is 1.40 bits per heavy atom. The molecule has 2 aromatic rings. The van der Waals surface area contributed by atoms with Crippen molar-refractivity contribution in [2.45, 2.75) is 37.3 Å². The predicted octanol–water partition coefficient (Wildman–Crippen LogP) is 3.11. The first-order valence-corrected chi connectivity index (χ1v) is 9.68. The van der Waals surface area contributed by atoms with Gasteiger partial charge in [0.2, 0.25) is 0 Å². The number of amides is 1. The third-order valence-corrected chi connectivity index (χ3v) is 6.89. The highest BCUT2D eigenvalue weighted by atomic mass is 32.1. The fraction of sp³-hybridized carbons (Fsp3) is 0.450. The van der Waals surface area contributed by atoms with Gasteiger partial charge in [-0.15, -0.1) is 0 Å². The van der Waals surface area contributed by atoms with E-state index in [1.165, 1.54) is 11.1 Å². The van der Waals surface area contributed by atoms with Crippen molar-refractivity contribution in [3.8, 4) is 5.75 Å². The molecule has 1 aliphatic carbocycles. The van der Waals surface area contributed by atoms with Crippen LogP contribution in [-0.4, -0.2) is 53.5 Å². The lowest BCUT2D eigenvalue weighted by Gasteiger charge is -2.57. The number of hydrogen-bond donors (Lipinski definition) is 1.